The fraction of sp³-hybridized carbons (Fsp3) is 0.750. The number of allylic oxidation sites excluding steroid dienone is 1. The van der Waals surface area contributed by atoms with E-state index in [1.807, 2.05) is 0 Å². The molecule has 9 heavy (non-hydrogen) atoms. The molecule has 0 radical (unpaired) electrons. The van der Waals surface area contributed by atoms with Gasteiger partial charge in [0.15, 0.2) is 0 Å². The highest BCUT2D eigenvalue weighted by molar-refractivity contribution is 6.40. The van der Waals surface area contributed by atoms with Crippen LogP contribution >= 0.6 is 0 Å². The lowest BCUT2D eigenvalue weighted by molar-refractivity contribution is 0.643. The van der Waals surface area contributed by atoms with Gasteiger partial charge in [0, 0.05) is 9.52 Å². The predicted octanol–water partition coefficient (Wildman–Crippen LogP) is 2.37. The lowest BCUT2D eigenvalue weighted by atomic mass is 10.1. The van der Waals surface area contributed by atoms with Gasteiger partial charge in [-0.05, 0) is 11.1 Å². The van der Waals surface area contributed by atoms with Gasteiger partial charge in [-0.25, -0.2) is 0 Å². The van der Waals surface area contributed by atoms with Gasteiger partial charge in [0.05, 0.1) is 0 Å². The average Bonchev–Trinajstić information content (AvgIpc) is 1.84. The molecule has 0 aromatic rings. The van der Waals surface area contributed by atoms with Gasteiger partial charge in [0.1, 0.15) is 0 Å². The maximum atomic E-state index is 3.73. The van der Waals surface area contributed by atoms with E-state index in [-0.39, 0.29) is 9.52 Å². The SMILES string of the molecule is C=CC[SiH2]C(C)(C)CC. The van der Waals surface area contributed by atoms with Crippen molar-refractivity contribution in [1.82, 2.24) is 0 Å². The van der Waals surface area contributed by atoms with Crippen LogP contribution in [0.25, 0.3) is 0 Å². The molecule has 0 unspecified atom stereocenters. The Kier molecular flexibility index (Phi) is 3.87. The van der Waals surface area contributed by atoms with Crippen LogP contribution in [0, 0.1) is 0 Å². The van der Waals surface area contributed by atoms with Crippen molar-refractivity contribution >= 4 is 9.52 Å². The van der Waals surface area contributed by atoms with E-state index in [0.29, 0.717) is 5.04 Å². The van der Waals surface area contributed by atoms with Crippen molar-refractivity contribution in [2.45, 2.75) is 38.3 Å². The molecule has 0 atom stereocenters. The summed E-state index contributed by atoms with van der Waals surface area (Å²) in [6, 6.07) is 1.29. The number of hydrogen-bond acceptors (Lipinski definition) is 0. The second-order valence-electron chi connectivity index (χ2n) is 3.35. The molecule has 1 heteroatoms. The smallest absolute Gasteiger partial charge is 0.0303 e. The third-order valence-corrected chi connectivity index (χ3v) is 4.53. The zero-order valence-corrected chi connectivity index (χ0v) is 8.32. The second-order valence-corrected chi connectivity index (χ2v) is 6.34. The summed E-state index contributed by atoms with van der Waals surface area (Å²) in [5.74, 6) is 0. The van der Waals surface area contributed by atoms with Crippen LogP contribution < -0.4 is 0 Å². The van der Waals surface area contributed by atoms with E-state index in [2.05, 4.69) is 33.4 Å². The molecule has 0 N–H and O–H groups in total. The van der Waals surface area contributed by atoms with E-state index in [4.69, 9.17) is 0 Å². The van der Waals surface area contributed by atoms with Crippen molar-refractivity contribution in [2.75, 3.05) is 0 Å². The fourth-order valence-corrected chi connectivity index (χ4v) is 2.01. The van der Waals surface area contributed by atoms with Crippen LogP contribution in [0.15, 0.2) is 12.7 Å². The molecule has 0 spiro atoms. The monoisotopic (exact) mass is 142 g/mol. The summed E-state index contributed by atoms with van der Waals surface area (Å²) in [5.41, 5.74) is 0. The molecule has 0 saturated heterocycles. The van der Waals surface area contributed by atoms with Crippen LogP contribution in [0.4, 0.5) is 0 Å². The summed E-state index contributed by atoms with van der Waals surface area (Å²) >= 11 is 0. The van der Waals surface area contributed by atoms with Crippen LogP contribution in [0.3, 0.4) is 0 Å². The molecule has 0 heterocycles. The molecule has 0 fully saturated rings. The Morgan fingerprint density at radius 1 is 1.56 bits per heavy atom. The molecule has 0 amide bonds. The topological polar surface area (TPSA) is 0 Å². The van der Waals surface area contributed by atoms with E-state index in [9.17, 15) is 0 Å². The van der Waals surface area contributed by atoms with Gasteiger partial charge in [-0.1, -0.05) is 33.3 Å². The van der Waals surface area contributed by atoms with Gasteiger partial charge < -0.3 is 0 Å². The highest BCUT2D eigenvalue weighted by Crippen LogP contribution is 2.27. The predicted molar refractivity (Wildman–Crippen MR) is 47.9 cm³/mol. The fourth-order valence-electron chi connectivity index (χ4n) is 0.670. The summed E-state index contributed by atoms with van der Waals surface area (Å²) < 4.78 is 0. The van der Waals surface area contributed by atoms with Gasteiger partial charge in [-0.15, -0.1) is 6.58 Å². The molecule has 0 aromatic heterocycles. The lowest BCUT2D eigenvalue weighted by Crippen LogP contribution is -2.09. The van der Waals surface area contributed by atoms with Crippen molar-refractivity contribution in [3.05, 3.63) is 12.7 Å². The maximum Gasteiger partial charge on any atom is 0.0303 e. The molecular weight excluding hydrogens is 124 g/mol. The first kappa shape index (κ1) is 8.96. The largest absolute Gasteiger partial charge is 0.103 e. The third kappa shape index (κ3) is 4.46. The summed E-state index contributed by atoms with van der Waals surface area (Å²) in [6.07, 6.45) is 3.39. The lowest BCUT2D eigenvalue weighted by Gasteiger charge is -2.20. The van der Waals surface area contributed by atoms with Crippen LogP contribution in [0.2, 0.25) is 11.1 Å². The van der Waals surface area contributed by atoms with Gasteiger partial charge in [-0.3, -0.25) is 0 Å². The van der Waals surface area contributed by atoms with E-state index in [1.165, 1.54) is 12.5 Å². The Bertz CT molecular complexity index is 84.6. The van der Waals surface area contributed by atoms with Crippen LogP contribution in [0.5, 0.6) is 0 Å². The molecule has 0 saturated carbocycles. The molecule has 0 aliphatic rings. The van der Waals surface area contributed by atoms with E-state index < -0.39 is 0 Å². The van der Waals surface area contributed by atoms with E-state index in [1.54, 1.807) is 0 Å². The minimum absolute atomic E-state index is 0.121. The first-order valence-corrected chi connectivity index (χ1v) is 5.44. The van der Waals surface area contributed by atoms with Crippen molar-refractivity contribution in [3.8, 4) is 0 Å². The Balaban J connectivity index is 3.44. The highest BCUT2D eigenvalue weighted by Gasteiger charge is 2.13. The quantitative estimate of drug-likeness (QED) is 0.417. The normalized spacial score (nSPS) is 12.8. The van der Waals surface area contributed by atoms with Crippen molar-refractivity contribution in [1.29, 1.82) is 0 Å². The first-order chi connectivity index (χ1) is 4.12. The van der Waals surface area contributed by atoms with Gasteiger partial charge in [-0.2, -0.15) is 0 Å². The standard InChI is InChI=1S/C8H18Si/c1-5-7-9-8(3,4)6-2/h5H,1,6-7,9H2,2-4H3. The summed E-state index contributed by atoms with van der Waals surface area (Å²) in [4.78, 5) is 0. The van der Waals surface area contributed by atoms with E-state index >= 15 is 0 Å². The molecule has 0 nitrogen and oxygen atoms in total. The van der Waals surface area contributed by atoms with Crippen molar-refractivity contribution in [3.63, 3.8) is 0 Å². The minimum atomic E-state index is 0.121. The minimum Gasteiger partial charge on any atom is -0.103 e. The molecule has 0 aliphatic carbocycles. The summed E-state index contributed by atoms with van der Waals surface area (Å²) in [5, 5.41) is 0.661. The Morgan fingerprint density at radius 3 is 2.44 bits per heavy atom. The number of rotatable bonds is 4. The van der Waals surface area contributed by atoms with Crippen LogP contribution in [-0.2, 0) is 0 Å². The van der Waals surface area contributed by atoms with Crippen LogP contribution in [-0.4, -0.2) is 9.52 Å². The number of hydrogen-bond donors (Lipinski definition) is 0. The molecule has 0 bridgehead atoms. The Labute approximate surface area is 61.2 Å². The van der Waals surface area contributed by atoms with Crippen LogP contribution in [0.1, 0.15) is 27.2 Å². The van der Waals surface area contributed by atoms with Gasteiger partial charge in [0.25, 0.3) is 0 Å². The summed E-state index contributed by atoms with van der Waals surface area (Å²) in [6.45, 7) is 10.7. The highest BCUT2D eigenvalue weighted by atomic mass is 28.2. The summed E-state index contributed by atoms with van der Waals surface area (Å²) in [7, 11) is 0.121. The molecular formula is C8H18Si. The molecule has 0 rings (SSSR count). The average molecular weight is 142 g/mol. The third-order valence-electron chi connectivity index (χ3n) is 1.98. The van der Waals surface area contributed by atoms with Crippen molar-refractivity contribution in [2.24, 2.45) is 0 Å². The van der Waals surface area contributed by atoms with Crippen molar-refractivity contribution < 1.29 is 0 Å². The Hall–Kier alpha value is -0.0431. The van der Waals surface area contributed by atoms with Gasteiger partial charge >= 0.3 is 0 Å². The zero-order chi connectivity index (χ0) is 7.33. The Morgan fingerprint density at radius 2 is 2.11 bits per heavy atom. The maximum absolute atomic E-state index is 3.73. The molecule has 0 aliphatic heterocycles. The zero-order valence-electron chi connectivity index (χ0n) is 6.91. The van der Waals surface area contributed by atoms with E-state index in [0.717, 1.165) is 0 Å². The molecule has 54 valence electrons. The van der Waals surface area contributed by atoms with Gasteiger partial charge in [0.2, 0.25) is 0 Å². The molecule has 0 aromatic carbocycles. The first-order valence-electron chi connectivity index (χ1n) is 3.73. The second kappa shape index (κ2) is 3.88.